The minimum absolute atomic E-state index is 0.198. The number of furan rings is 1. The van der Waals surface area contributed by atoms with E-state index < -0.39 is 12.0 Å². The molecule has 2 aromatic heterocycles. The Morgan fingerprint density at radius 2 is 1.73 bits per heavy atom. The monoisotopic (exact) mass is 566 g/mol. The van der Waals surface area contributed by atoms with E-state index in [1.54, 1.807) is 23.6 Å². The summed E-state index contributed by atoms with van der Waals surface area (Å²) in [6, 6.07) is 29.3. The zero-order valence-corrected chi connectivity index (χ0v) is 23.0. The van der Waals surface area contributed by atoms with Crippen molar-refractivity contribution in [1.29, 1.82) is 0 Å². The number of carbonyl (C=O) groups excluding carboxylic acids is 1. The fraction of sp³-hybridized carbons (Fsp3) is 0.0938. The summed E-state index contributed by atoms with van der Waals surface area (Å²) in [6.07, 6.45) is 1.70. The molecule has 6 nitrogen and oxygen atoms in total. The van der Waals surface area contributed by atoms with Crippen molar-refractivity contribution in [3.63, 3.8) is 0 Å². The molecule has 0 amide bonds. The van der Waals surface area contributed by atoms with Gasteiger partial charge in [-0.05, 0) is 36.8 Å². The first-order valence-electron chi connectivity index (χ1n) is 12.7. The van der Waals surface area contributed by atoms with Crippen molar-refractivity contribution in [3.8, 4) is 11.3 Å². The van der Waals surface area contributed by atoms with Gasteiger partial charge in [-0.1, -0.05) is 95.7 Å². The summed E-state index contributed by atoms with van der Waals surface area (Å²) in [4.78, 5) is 32.7. The molecule has 0 spiro atoms. The van der Waals surface area contributed by atoms with Crippen LogP contribution in [0.5, 0.6) is 0 Å². The lowest BCUT2D eigenvalue weighted by Gasteiger charge is -2.25. The molecule has 0 bridgehead atoms. The number of ether oxygens (including phenoxy) is 1. The second-order valence-corrected chi connectivity index (χ2v) is 10.5. The van der Waals surface area contributed by atoms with Gasteiger partial charge in [0, 0.05) is 22.2 Å². The lowest BCUT2D eigenvalue weighted by Crippen LogP contribution is -2.39. The highest BCUT2D eigenvalue weighted by molar-refractivity contribution is 7.07. The molecule has 40 heavy (non-hydrogen) atoms. The standard InChI is InChI=1S/C32H23ClN2O4S/c1-2-38-31(37)27-28(20-10-5-3-6-11-20)34-32-35(29(27)21-12-7-4-8-13-21)30(36)26(40-32)19-24-16-17-25(39-24)22-14-9-15-23(33)18-22/h3-19,29H,2H2,1H3/b26-19-/t29-/m1/s1. The maximum Gasteiger partial charge on any atom is 0.338 e. The Morgan fingerprint density at radius 1 is 1.00 bits per heavy atom. The number of esters is 1. The van der Waals surface area contributed by atoms with Crippen LogP contribution in [0.4, 0.5) is 0 Å². The minimum atomic E-state index is -0.715. The van der Waals surface area contributed by atoms with Crippen LogP contribution in [0, 0.1) is 0 Å². The molecule has 5 aromatic rings. The molecule has 1 aliphatic rings. The third-order valence-corrected chi connectivity index (χ3v) is 7.72. The van der Waals surface area contributed by atoms with Crippen LogP contribution in [0.2, 0.25) is 5.02 Å². The summed E-state index contributed by atoms with van der Waals surface area (Å²) >= 11 is 7.39. The topological polar surface area (TPSA) is 73.8 Å². The number of thiazole rings is 1. The van der Waals surface area contributed by atoms with E-state index in [0.29, 0.717) is 37.1 Å². The van der Waals surface area contributed by atoms with Gasteiger partial charge < -0.3 is 9.15 Å². The van der Waals surface area contributed by atoms with Crippen LogP contribution in [0.15, 0.2) is 117 Å². The van der Waals surface area contributed by atoms with Crippen molar-refractivity contribution in [2.24, 2.45) is 4.99 Å². The highest BCUT2D eigenvalue weighted by Gasteiger charge is 2.35. The molecule has 0 saturated carbocycles. The lowest BCUT2D eigenvalue weighted by atomic mass is 9.93. The van der Waals surface area contributed by atoms with Crippen LogP contribution in [0.25, 0.3) is 23.1 Å². The summed E-state index contributed by atoms with van der Waals surface area (Å²) in [5.41, 5.74) is 2.92. The molecular formula is C32H23ClN2O4S. The van der Waals surface area contributed by atoms with Crippen LogP contribution in [0.1, 0.15) is 29.9 Å². The van der Waals surface area contributed by atoms with Crippen molar-refractivity contribution in [2.75, 3.05) is 6.61 Å². The van der Waals surface area contributed by atoms with Gasteiger partial charge in [-0.25, -0.2) is 9.79 Å². The van der Waals surface area contributed by atoms with Gasteiger partial charge in [0.15, 0.2) is 4.80 Å². The number of benzene rings is 3. The Kier molecular flexibility index (Phi) is 7.07. The molecule has 198 valence electrons. The van der Waals surface area contributed by atoms with Gasteiger partial charge >= 0.3 is 5.97 Å². The lowest BCUT2D eigenvalue weighted by molar-refractivity contribution is -0.138. The Hall–Kier alpha value is -4.46. The minimum Gasteiger partial charge on any atom is -0.463 e. The zero-order chi connectivity index (χ0) is 27.6. The molecule has 0 radical (unpaired) electrons. The number of hydrogen-bond acceptors (Lipinski definition) is 6. The maximum atomic E-state index is 13.9. The molecule has 8 heteroatoms. The summed E-state index contributed by atoms with van der Waals surface area (Å²) in [5, 5.41) is 0.608. The molecule has 0 saturated heterocycles. The van der Waals surface area contributed by atoms with Crippen LogP contribution in [0.3, 0.4) is 0 Å². The molecule has 1 atom stereocenters. The van der Waals surface area contributed by atoms with Crippen molar-refractivity contribution >= 4 is 40.7 Å². The van der Waals surface area contributed by atoms with Crippen molar-refractivity contribution in [1.82, 2.24) is 4.57 Å². The highest BCUT2D eigenvalue weighted by atomic mass is 35.5. The van der Waals surface area contributed by atoms with Gasteiger partial charge in [0.2, 0.25) is 0 Å². The predicted octanol–water partition coefficient (Wildman–Crippen LogP) is 5.85. The second-order valence-electron chi connectivity index (χ2n) is 9.05. The van der Waals surface area contributed by atoms with Gasteiger partial charge in [-0.2, -0.15) is 0 Å². The normalized spacial score (nSPS) is 15.1. The molecule has 0 N–H and O–H groups in total. The van der Waals surface area contributed by atoms with Crippen molar-refractivity contribution in [3.05, 3.63) is 144 Å². The van der Waals surface area contributed by atoms with Gasteiger partial charge in [-0.15, -0.1) is 0 Å². The first kappa shape index (κ1) is 25.8. The summed E-state index contributed by atoms with van der Waals surface area (Å²) < 4.78 is 13.5. The molecule has 3 aromatic carbocycles. The SMILES string of the molecule is CCOC(=O)C1=C(c2ccccc2)N=c2s/c(=C\c3ccc(-c4cccc(Cl)c4)o3)c(=O)n2[C@@H]1c1ccccc1. The van der Waals surface area contributed by atoms with E-state index in [2.05, 4.69) is 0 Å². The number of rotatable bonds is 6. The average Bonchev–Trinajstić information content (AvgIpc) is 3.57. The summed E-state index contributed by atoms with van der Waals surface area (Å²) in [6.45, 7) is 1.96. The van der Waals surface area contributed by atoms with E-state index in [9.17, 15) is 9.59 Å². The third kappa shape index (κ3) is 4.85. The smallest absolute Gasteiger partial charge is 0.338 e. The van der Waals surface area contributed by atoms with E-state index >= 15 is 0 Å². The number of halogens is 1. The zero-order valence-electron chi connectivity index (χ0n) is 21.4. The van der Waals surface area contributed by atoms with Gasteiger partial charge in [0.1, 0.15) is 11.5 Å². The summed E-state index contributed by atoms with van der Waals surface area (Å²) in [7, 11) is 0. The average molecular weight is 567 g/mol. The fourth-order valence-electron chi connectivity index (χ4n) is 4.75. The molecular weight excluding hydrogens is 544 g/mol. The number of nitrogens with zero attached hydrogens (tertiary/aromatic N) is 2. The first-order chi connectivity index (χ1) is 19.5. The third-order valence-electron chi connectivity index (χ3n) is 6.50. The Balaban J connectivity index is 1.56. The summed E-state index contributed by atoms with van der Waals surface area (Å²) in [5.74, 6) is 0.648. The second kappa shape index (κ2) is 11.0. The van der Waals surface area contributed by atoms with E-state index in [-0.39, 0.29) is 12.2 Å². The Morgan fingerprint density at radius 3 is 2.45 bits per heavy atom. The fourth-order valence-corrected chi connectivity index (χ4v) is 5.92. The van der Waals surface area contributed by atoms with Crippen LogP contribution < -0.4 is 14.9 Å². The van der Waals surface area contributed by atoms with Gasteiger partial charge in [-0.3, -0.25) is 9.36 Å². The molecule has 0 unspecified atom stereocenters. The first-order valence-corrected chi connectivity index (χ1v) is 13.9. The van der Waals surface area contributed by atoms with E-state index in [1.807, 2.05) is 91.0 Å². The van der Waals surface area contributed by atoms with E-state index in [4.69, 9.17) is 25.7 Å². The number of carbonyl (C=O) groups is 1. The molecule has 1 aliphatic heterocycles. The molecule has 6 rings (SSSR count). The van der Waals surface area contributed by atoms with Crippen molar-refractivity contribution in [2.45, 2.75) is 13.0 Å². The maximum absolute atomic E-state index is 13.9. The number of hydrogen-bond donors (Lipinski definition) is 0. The number of fused-ring (bicyclic) bond motifs is 1. The predicted molar refractivity (Wildman–Crippen MR) is 157 cm³/mol. The van der Waals surface area contributed by atoms with Crippen LogP contribution in [-0.2, 0) is 9.53 Å². The van der Waals surface area contributed by atoms with Crippen LogP contribution in [-0.4, -0.2) is 17.1 Å². The molecule has 0 fully saturated rings. The van der Waals surface area contributed by atoms with E-state index in [0.717, 1.165) is 16.7 Å². The Bertz CT molecular complexity index is 1920. The number of aromatic nitrogens is 1. The van der Waals surface area contributed by atoms with Gasteiger partial charge in [0.05, 0.1) is 28.5 Å². The largest absolute Gasteiger partial charge is 0.463 e. The van der Waals surface area contributed by atoms with Crippen LogP contribution >= 0.6 is 22.9 Å². The quantitative estimate of drug-likeness (QED) is 0.242. The van der Waals surface area contributed by atoms with Crippen molar-refractivity contribution < 1.29 is 13.9 Å². The van der Waals surface area contributed by atoms with E-state index in [1.165, 1.54) is 11.3 Å². The Labute approximate surface area is 238 Å². The molecule has 3 heterocycles. The highest BCUT2D eigenvalue weighted by Crippen LogP contribution is 2.35. The molecule has 0 aliphatic carbocycles. The van der Waals surface area contributed by atoms with Gasteiger partial charge in [0.25, 0.3) is 5.56 Å².